The lowest BCUT2D eigenvalue weighted by Gasteiger charge is -2.30. The molecule has 1 N–H and O–H groups in total. The summed E-state index contributed by atoms with van der Waals surface area (Å²) in [5, 5.41) is 4.87. The van der Waals surface area contributed by atoms with Crippen molar-refractivity contribution in [2.75, 3.05) is 6.54 Å². The molecule has 3 aromatic heterocycles. The summed E-state index contributed by atoms with van der Waals surface area (Å²) >= 11 is 11.7. The van der Waals surface area contributed by atoms with Gasteiger partial charge in [-0.3, -0.25) is 4.98 Å². The Kier molecular flexibility index (Phi) is 5.33. The zero-order chi connectivity index (χ0) is 19.7. The van der Waals surface area contributed by atoms with Crippen LogP contribution in [0.4, 0.5) is 0 Å². The fraction of sp³-hybridized carbons (Fsp3) is 0.286. The summed E-state index contributed by atoms with van der Waals surface area (Å²) in [5.41, 5.74) is 2.08. The van der Waals surface area contributed by atoms with E-state index in [1.54, 1.807) is 6.20 Å². The van der Waals surface area contributed by atoms with Crippen molar-refractivity contribution in [3.63, 3.8) is 0 Å². The predicted octanol–water partition coefficient (Wildman–Crippen LogP) is 4.55. The van der Waals surface area contributed by atoms with Gasteiger partial charge in [0.15, 0.2) is 5.11 Å². The van der Waals surface area contributed by atoms with E-state index in [0.29, 0.717) is 10.9 Å². The Balaban J connectivity index is 1.80. The number of halogens is 1. The van der Waals surface area contributed by atoms with E-state index in [1.165, 1.54) is 0 Å². The van der Waals surface area contributed by atoms with E-state index in [0.717, 1.165) is 28.9 Å². The highest BCUT2D eigenvalue weighted by Gasteiger charge is 2.41. The van der Waals surface area contributed by atoms with Crippen molar-refractivity contribution in [1.82, 2.24) is 24.8 Å². The van der Waals surface area contributed by atoms with Gasteiger partial charge in [0.2, 0.25) is 0 Å². The molecule has 5 nitrogen and oxygen atoms in total. The van der Waals surface area contributed by atoms with Crippen LogP contribution in [0.25, 0.3) is 5.82 Å². The molecule has 0 saturated carbocycles. The van der Waals surface area contributed by atoms with Gasteiger partial charge in [0, 0.05) is 30.8 Å². The van der Waals surface area contributed by atoms with E-state index in [9.17, 15) is 0 Å². The molecule has 0 aliphatic carbocycles. The number of nitrogens with one attached hydrogen (secondary N) is 1. The number of rotatable bonds is 5. The molecule has 1 aliphatic rings. The largest absolute Gasteiger partial charge is 0.352 e. The summed E-state index contributed by atoms with van der Waals surface area (Å²) in [6.07, 6.45) is 5.51. The van der Waals surface area contributed by atoms with Gasteiger partial charge >= 0.3 is 0 Å². The van der Waals surface area contributed by atoms with Crippen LogP contribution in [0, 0.1) is 5.92 Å². The number of hydrogen-bond acceptors (Lipinski definition) is 3. The van der Waals surface area contributed by atoms with Crippen LogP contribution in [0.2, 0.25) is 5.02 Å². The molecule has 0 aromatic carbocycles. The fourth-order valence-electron chi connectivity index (χ4n) is 3.67. The Morgan fingerprint density at radius 2 is 2.00 bits per heavy atom. The molecule has 0 unspecified atom stereocenters. The third-order valence-electron chi connectivity index (χ3n) is 4.80. The van der Waals surface area contributed by atoms with Crippen molar-refractivity contribution in [2.45, 2.75) is 25.9 Å². The molecule has 1 aliphatic heterocycles. The highest BCUT2D eigenvalue weighted by molar-refractivity contribution is 7.80. The van der Waals surface area contributed by atoms with Gasteiger partial charge in [0.1, 0.15) is 5.82 Å². The minimum absolute atomic E-state index is 0.0114. The number of pyridine rings is 2. The van der Waals surface area contributed by atoms with Crippen LogP contribution in [0.3, 0.4) is 0 Å². The first-order valence-corrected chi connectivity index (χ1v) is 10.1. The summed E-state index contributed by atoms with van der Waals surface area (Å²) in [4.78, 5) is 11.4. The molecule has 2 atom stereocenters. The Bertz CT molecular complexity index is 954. The molecule has 0 spiro atoms. The van der Waals surface area contributed by atoms with Crippen molar-refractivity contribution in [2.24, 2.45) is 5.92 Å². The van der Waals surface area contributed by atoms with Crippen LogP contribution in [0.5, 0.6) is 0 Å². The lowest BCUT2D eigenvalue weighted by Crippen LogP contribution is -2.33. The van der Waals surface area contributed by atoms with E-state index >= 15 is 0 Å². The number of hydrogen-bond donors (Lipinski definition) is 1. The SMILES string of the molecule is CC(C)CN1C(=S)N[C@H](c2ccccn2)[C@H]1c1cccn1-c1ccc(Cl)cn1. The molecule has 7 heteroatoms. The normalized spacial score (nSPS) is 19.3. The van der Waals surface area contributed by atoms with Crippen molar-refractivity contribution in [1.29, 1.82) is 0 Å². The molecule has 4 heterocycles. The second-order valence-corrected chi connectivity index (χ2v) is 8.13. The van der Waals surface area contributed by atoms with Gasteiger partial charge in [-0.2, -0.15) is 0 Å². The van der Waals surface area contributed by atoms with Gasteiger partial charge in [-0.25, -0.2) is 4.98 Å². The molecule has 4 rings (SSSR count). The first-order chi connectivity index (χ1) is 13.5. The Morgan fingerprint density at radius 1 is 1.14 bits per heavy atom. The molecule has 28 heavy (non-hydrogen) atoms. The molecule has 0 bridgehead atoms. The molecule has 144 valence electrons. The number of nitrogens with zero attached hydrogens (tertiary/aromatic N) is 4. The topological polar surface area (TPSA) is 46.0 Å². The Hall–Kier alpha value is -2.44. The van der Waals surface area contributed by atoms with E-state index in [1.807, 2.05) is 48.8 Å². The summed E-state index contributed by atoms with van der Waals surface area (Å²) in [7, 11) is 0. The van der Waals surface area contributed by atoms with E-state index < -0.39 is 0 Å². The highest BCUT2D eigenvalue weighted by Crippen LogP contribution is 2.39. The third kappa shape index (κ3) is 3.62. The molecule has 3 aromatic rings. The lowest BCUT2D eigenvalue weighted by atomic mass is 10.0. The molecule has 0 radical (unpaired) electrons. The molecule has 1 fully saturated rings. The lowest BCUT2D eigenvalue weighted by molar-refractivity contribution is 0.280. The van der Waals surface area contributed by atoms with E-state index in [2.05, 4.69) is 44.7 Å². The van der Waals surface area contributed by atoms with Crippen LogP contribution >= 0.6 is 23.8 Å². The number of aromatic nitrogens is 3. The number of thiocarbonyl (C=S) groups is 1. The van der Waals surface area contributed by atoms with Gasteiger partial charge in [-0.1, -0.05) is 31.5 Å². The Morgan fingerprint density at radius 3 is 2.68 bits per heavy atom. The average molecular weight is 412 g/mol. The molecular weight excluding hydrogens is 390 g/mol. The smallest absolute Gasteiger partial charge is 0.170 e. The van der Waals surface area contributed by atoms with Gasteiger partial charge in [-0.05, 0) is 54.5 Å². The first-order valence-electron chi connectivity index (χ1n) is 9.32. The summed E-state index contributed by atoms with van der Waals surface area (Å²) in [6.45, 7) is 5.26. The second kappa shape index (κ2) is 7.89. The van der Waals surface area contributed by atoms with Crippen LogP contribution in [0.15, 0.2) is 61.1 Å². The minimum Gasteiger partial charge on any atom is -0.352 e. The first kappa shape index (κ1) is 18.9. The quantitative estimate of drug-likeness (QED) is 0.624. The van der Waals surface area contributed by atoms with Crippen molar-refractivity contribution in [3.05, 3.63) is 77.5 Å². The van der Waals surface area contributed by atoms with Gasteiger partial charge < -0.3 is 14.8 Å². The zero-order valence-corrected chi connectivity index (χ0v) is 17.4. The molecule has 0 amide bonds. The van der Waals surface area contributed by atoms with Gasteiger partial charge in [0.25, 0.3) is 0 Å². The fourth-order valence-corrected chi connectivity index (χ4v) is 4.10. The summed E-state index contributed by atoms with van der Waals surface area (Å²) < 4.78 is 2.10. The van der Waals surface area contributed by atoms with Crippen LogP contribution in [-0.4, -0.2) is 31.1 Å². The standard InChI is InChI=1S/C21H22ClN5S/c1-14(2)13-27-20(19(25-21(27)28)16-6-3-4-10-23-16)17-7-5-11-26(17)18-9-8-15(22)12-24-18/h3-12,14,19-20H,13H2,1-2H3,(H,25,28)/t19-,20-/m1/s1. The predicted molar refractivity (Wildman–Crippen MR) is 116 cm³/mol. The van der Waals surface area contributed by atoms with Gasteiger partial charge in [-0.15, -0.1) is 0 Å². The zero-order valence-electron chi connectivity index (χ0n) is 15.8. The van der Waals surface area contributed by atoms with Crippen molar-refractivity contribution >= 4 is 28.9 Å². The van der Waals surface area contributed by atoms with Crippen LogP contribution < -0.4 is 5.32 Å². The third-order valence-corrected chi connectivity index (χ3v) is 5.38. The summed E-state index contributed by atoms with van der Waals surface area (Å²) in [5.74, 6) is 1.30. The maximum absolute atomic E-state index is 6.03. The van der Waals surface area contributed by atoms with E-state index in [4.69, 9.17) is 23.8 Å². The highest BCUT2D eigenvalue weighted by atomic mass is 35.5. The van der Waals surface area contributed by atoms with Crippen LogP contribution in [0.1, 0.15) is 37.3 Å². The minimum atomic E-state index is -0.0339. The van der Waals surface area contributed by atoms with Crippen molar-refractivity contribution in [3.8, 4) is 5.82 Å². The average Bonchev–Trinajstić information content (AvgIpc) is 3.28. The summed E-state index contributed by atoms with van der Waals surface area (Å²) in [6, 6.07) is 13.9. The van der Waals surface area contributed by atoms with Gasteiger partial charge in [0.05, 0.1) is 22.8 Å². The maximum Gasteiger partial charge on any atom is 0.170 e. The molecular formula is C21H22ClN5S. The van der Waals surface area contributed by atoms with Crippen LogP contribution in [-0.2, 0) is 0 Å². The van der Waals surface area contributed by atoms with E-state index in [-0.39, 0.29) is 12.1 Å². The molecule has 1 saturated heterocycles. The monoisotopic (exact) mass is 411 g/mol. The Labute approximate surface area is 175 Å². The maximum atomic E-state index is 6.03. The second-order valence-electron chi connectivity index (χ2n) is 7.31. The van der Waals surface area contributed by atoms with Crippen molar-refractivity contribution < 1.29 is 0 Å².